The van der Waals surface area contributed by atoms with Crippen LogP contribution in [0.5, 0.6) is 0 Å². The predicted molar refractivity (Wildman–Crippen MR) is 58.7 cm³/mol. The van der Waals surface area contributed by atoms with Crippen LogP contribution < -0.4 is 0 Å². The molecule has 0 amide bonds. The summed E-state index contributed by atoms with van der Waals surface area (Å²) in [5, 5.41) is 0.979. The second-order valence-corrected chi connectivity index (χ2v) is 4.99. The van der Waals surface area contributed by atoms with Crippen LogP contribution in [0.2, 0.25) is 0 Å². The first-order chi connectivity index (χ1) is 6.22. The minimum absolute atomic E-state index is 0.0807. The summed E-state index contributed by atoms with van der Waals surface area (Å²) in [4.78, 5) is 0. The van der Waals surface area contributed by atoms with Gasteiger partial charge >= 0.3 is 0 Å². The molecule has 0 spiro atoms. The zero-order valence-corrected chi connectivity index (χ0v) is 10.1. The fourth-order valence-electron chi connectivity index (χ4n) is 1.60. The quantitative estimate of drug-likeness (QED) is 0.722. The number of halogens is 3. The number of benzene rings is 1. The maximum atomic E-state index is 13.4. The highest BCUT2D eigenvalue weighted by Gasteiger charge is 2.38. The van der Waals surface area contributed by atoms with Gasteiger partial charge in [-0.15, -0.1) is 0 Å². The average molecular weight is 308 g/mol. The first-order valence-electron chi connectivity index (χ1n) is 4.23. The molecule has 0 N–H and O–H groups in total. The predicted octanol–water partition coefficient (Wildman–Crippen LogP) is 4.09. The largest absolute Gasteiger partial charge is 0.207 e. The van der Waals surface area contributed by atoms with E-state index in [1.807, 2.05) is 12.1 Å². The van der Waals surface area contributed by atoms with Crippen LogP contribution in [0.3, 0.4) is 0 Å². The summed E-state index contributed by atoms with van der Waals surface area (Å²) in [6.07, 6.45) is 1.11. The summed E-state index contributed by atoms with van der Waals surface area (Å²) in [5.41, 5.74) is 0.868. The molecule has 2 rings (SSSR count). The summed E-state index contributed by atoms with van der Waals surface area (Å²) in [6.45, 7) is 0. The Bertz CT molecular complexity index is 325. The van der Waals surface area contributed by atoms with Crippen molar-refractivity contribution in [2.24, 2.45) is 5.92 Å². The van der Waals surface area contributed by atoms with Gasteiger partial charge in [0.15, 0.2) is 0 Å². The van der Waals surface area contributed by atoms with Gasteiger partial charge in [0.1, 0.15) is 5.82 Å². The smallest absolute Gasteiger partial charge is 0.127 e. The molecule has 0 bridgehead atoms. The molecule has 1 aromatic rings. The van der Waals surface area contributed by atoms with E-state index >= 15 is 0 Å². The lowest BCUT2D eigenvalue weighted by atomic mass is 10.1. The van der Waals surface area contributed by atoms with E-state index in [0.29, 0.717) is 11.8 Å². The van der Waals surface area contributed by atoms with Crippen LogP contribution in [0.4, 0.5) is 4.39 Å². The lowest BCUT2D eigenvalue weighted by molar-refractivity contribution is 0.607. The van der Waals surface area contributed by atoms with E-state index in [9.17, 15) is 4.39 Å². The molecule has 0 saturated heterocycles. The van der Waals surface area contributed by atoms with Crippen LogP contribution >= 0.6 is 31.9 Å². The number of alkyl halides is 1. The Labute approximate surface area is 93.8 Å². The minimum Gasteiger partial charge on any atom is -0.207 e. The van der Waals surface area contributed by atoms with E-state index < -0.39 is 0 Å². The number of hydrogen-bond donors (Lipinski definition) is 0. The van der Waals surface area contributed by atoms with Gasteiger partial charge in [0, 0.05) is 9.80 Å². The van der Waals surface area contributed by atoms with Crippen molar-refractivity contribution in [3.63, 3.8) is 0 Å². The zero-order chi connectivity index (χ0) is 9.42. The molecule has 0 radical (unpaired) electrons. The number of rotatable bonds is 2. The van der Waals surface area contributed by atoms with E-state index in [2.05, 4.69) is 31.9 Å². The van der Waals surface area contributed by atoms with Gasteiger partial charge in [-0.1, -0.05) is 37.9 Å². The highest BCUT2D eigenvalue weighted by atomic mass is 79.9. The van der Waals surface area contributed by atoms with E-state index in [-0.39, 0.29) is 5.82 Å². The molecule has 13 heavy (non-hydrogen) atoms. The van der Waals surface area contributed by atoms with Crippen molar-refractivity contribution in [2.45, 2.75) is 12.3 Å². The Morgan fingerprint density at radius 3 is 2.77 bits per heavy atom. The SMILES string of the molecule is Fc1cc(Br)ccc1C1CC1CBr. The van der Waals surface area contributed by atoms with Gasteiger partial charge in [-0.25, -0.2) is 4.39 Å². The molecule has 0 aliphatic heterocycles. The lowest BCUT2D eigenvalue weighted by Gasteiger charge is -2.01. The first-order valence-corrected chi connectivity index (χ1v) is 6.14. The van der Waals surface area contributed by atoms with E-state index in [4.69, 9.17) is 0 Å². The highest BCUT2D eigenvalue weighted by Crippen LogP contribution is 2.49. The van der Waals surface area contributed by atoms with E-state index in [1.165, 1.54) is 0 Å². The Morgan fingerprint density at radius 2 is 2.23 bits per heavy atom. The third kappa shape index (κ3) is 1.96. The van der Waals surface area contributed by atoms with Gasteiger partial charge in [-0.3, -0.25) is 0 Å². The standard InChI is InChI=1S/C10H9Br2F/c11-5-6-3-9(6)8-2-1-7(12)4-10(8)13/h1-2,4,6,9H,3,5H2. The molecule has 2 atom stereocenters. The molecule has 1 fully saturated rings. The molecule has 70 valence electrons. The first kappa shape index (κ1) is 9.66. The van der Waals surface area contributed by atoms with Gasteiger partial charge in [0.25, 0.3) is 0 Å². The van der Waals surface area contributed by atoms with Gasteiger partial charge in [-0.2, -0.15) is 0 Å². The van der Waals surface area contributed by atoms with E-state index in [1.54, 1.807) is 6.07 Å². The summed E-state index contributed by atoms with van der Waals surface area (Å²) < 4.78 is 14.2. The van der Waals surface area contributed by atoms with Gasteiger partial charge in [-0.05, 0) is 36.0 Å². The van der Waals surface area contributed by atoms with Crippen molar-refractivity contribution >= 4 is 31.9 Å². The molecule has 1 aliphatic rings. The topological polar surface area (TPSA) is 0 Å². The second kappa shape index (κ2) is 3.70. The molecular formula is C10H9Br2F. The second-order valence-electron chi connectivity index (χ2n) is 3.42. The third-order valence-electron chi connectivity index (χ3n) is 2.48. The molecule has 1 saturated carbocycles. The van der Waals surface area contributed by atoms with Crippen LogP contribution in [0, 0.1) is 11.7 Å². The zero-order valence-electron chi connectivity index (χ0n) is 6.93. The molecule has 2 unspecified atom stereocenters. The van der Waals surface area contributed by atoms with Crippen LogP contribution in [0.25, 0.3) is 0 Å². The fourth-order valence-corrected chi connectivity index (χ4v) is 2.65. The van der Waals surface area contributed by atoms with Crippen LogP contribution in [-0.4, -0.2) is 5.33 Å². The Kier molecular flexibility index (Phi) is 2.75. The Morgan fingerprint density at radius 1 is 1.46 bits per heavy atom. The Balaban J connectivity index is 2.22. The molecular weight excluding hydrogens is 299 g/mol. The normalized spacial score (nSPS) is 26.1. The minimum atomic E-state index is -0.0807. The van der Waals surface area contributed by atoms with Crippen molar-refractivity contribution < 1.29 is 4.39 Å². The van der Waals surface area contributed by atoms with Crippen molar-refractivity contribution in [3.05, 3.63) is 34.1 Å². The van der Waals surface area contributed by atoms with Crippen molar-refractivity contribution in [2.75, 3.05) is 5.33 Å². The Hall–Kier alpha value is 0.110. The van der Waals surface area contributed by atoms with Gasteiger partial charge in [0.05, 0.1) is 0 Å². The van der Waals surface area contributed by atoms with Crippen molar-refractivity contribution in [1.82, 2.24) is 0 Å². The van der Waals surface area contributed by atoms with Crippen LogP contribution in [0.15, 0.2) is 22.7 Å². The van der Waals surface area contributed by atoms with Crippen LogP contribution in [0.1, 0.15) is 17.9 Å². The summed E-state index contributed by atoms with van der Waals surface area (Å²) in [5.74, 6) is 0.992. The van der Waals surface area contributed by atoms with Crippen LogP contribution in [-0.2, 0) is 0 Å². The molecule has 1 aliphatic carbocycles. The maximum Gasteiger partial charge on any atom is 0.127 e. The average Bonchev–Trinajstić information content (AvgIpc) is 2.83. The molecule has 3 heteroatoms. The highest BCUT2D eigenvalue weighted by molar-refractivity contribution is 9.10. The summed E-state index contributed by atoms with van der Waals surface area (Å²) in [6, 6.07) is 5.33. The van der Waals surface area contributed by atoms with Crippen molar-refractivity contribution in [1.29, 1.82) is 0 Å². The number of hydrogen-bond acceptors (Lipinski definition) is 0. The molecule has 0 heterocycles. The summed E-state index contributed by atoms with van der Waals surface area (Å²) >= 11 is 6.67. The van der Waals surface area contributed by atoms with Gasteiger partial charge in [0.2, 0.25) is 0 Å². The molecule has 1 aromatic carbocycles. The monoisotopic (exact) mass is 306 g/mol. The molecule has 0 nitrogen and oxygen atoms in total. The molecule has 0 aromatic heterocycles. The van der Waals surface area contributed by atoms with E-state index in [0.717, 1.165) is 21.8 Å². The third-order valence-corrected chi connectivity index (χ3v) is 3.81. The summed E-state index contributed by atoms with van der Waals surface area (Å²) in [7, 11) is 0. The van der Waals surface area contributed by atoms with Gasteiger partial charge < -0.3 is 0 Å². The fraction of sp³-hybridized carbons (Fsp3) is 0.400. The maximum absolute atomic E-state index is 13.4. The van der Waals surface area contributed by atoms with Crippen molar-refractivity contribution in [3.8, 4) is 0 Å². The lowest BCUT2D eigenvalue weighted by Crippen LogP contribution is -1.89.